The van der Waals surface area contributed by atoms with Crippen LogP contribution in [0.5, 0.6) is 0 Å². The van der Waals surface area contributed by atoms with Crippen molar-refractivity contribution in [2.45, 2.75) is 44.0 Å². The fourth-order valence-electron chi connectivity index (χ4n) is 3.57. The lowest BCUT2D eigenvalue weighted by molar-refractivity contribution is -0.145. The van der Waals surface area contributed by atoms with Crippen molar-refractivity contribution in [3.63, 3.8) is 0 Å². The highest BCUT2D eigenvalue weighted by Crippen LogP contribution is 2.29. The summed E-state index contributed by atoms with van der Waals surface area (Å²) in [6.07, 6.45) is 2.93. The van der Waals surface area contributed by atoms with E-state index < -0.39 is 18.6 Å². The Labute approximate surface area is 170 Å². The fraction of sp³-hybridized carbons (Fsp3) is 0.611. The highest BCUT2D eigenvalue weighted by molar-refractivity contribution is 6.40. The first-order valence-electron chi connectivity index (χ1n) is 9.24. The van der Waals surface area contributed by atoms with Gasteiger partial charge in [0.1, 0.15) is 5.54 Å². The quantitative estimate of drug-likeness (QED) is 0.325. The van der Waals surface area contributed by atoms with Crippen LogP contribution < -0.4 is 5.73 Å². The molecule has 150 valence electrons. The predicted molar refractivity (Wildman–Crippen MR) is 108 cm³/mol. The second-order valence-electron chi connectivity index (χ2n) is 7.50. The second-order valence-corrected chi connectivity index (χ2v) is 8.35. The zero-order valence-electron chi connectivity index (χ0n) is 15.3. The number of halogens is 2. The summed E-state index contributed by atoms with van der Waals surface area (Å²) >= 11 is 12.1. The van der Waals surface area contributed by atoms with E-state index in [1.54, 1.807) is 6.07 Å². The van der Waals surface area contributed by atoms with Gasteiger partial charge in [-0.05, 0) is 49.2 Å². The summed E-state index contributed by atoms with van der Waals surface area (Å²) in [7, 11) is -1.35. The van der Waals surface area contributed by atoms with E-state index in [2.05, 4.69) is 4.90 Å². The number of nitrogens with two attached hydrogens (primary N) is 1. The molecule has 6 nitrogen and oxygen atoms in total. The molecule has 0 aliphatic carbocycles. The molecule has 0 saturated carbocycles. The van der Waals surface area contributed by atoms with Gasteiger partial charge in [-0.25, -0.2) is 0 Å². The first-order chi connectivity index (χ1) is 12.7. The Bertz CT molecular complexity index is 644. The SMILES string of the molecule is NC(CCCCB(O)O)(CC1CN(CCc2ccc(Cl)cc2Cl)C1)C(=O)O. The van der Waals surface area contributed by atoms with E-state index in [1.807, 2.05) is 12.1 Å². The standard InChI is InChI=1S/C18H27BCl2N2O4/c20-15-4-3-14(16(21)9-15)5-8-23-11-13(12-23)10-18(22,17(24)25)6-1-2-7-19(26)27/h3-4,9,13,26-27H,1-2,5-8,10-12,22H2,(H,24,25). The molecule has 1 aliphatic rings. The molecule has 1 unspecified atom stereocenters. The molecule has 1 aliphatic heterocycles. The molecule has 5 N–H and O–H groups in total. The third kappa shape index (κ3) is 6.93. The molecule has 1 fully saturated rings. The van der Waals surface area contributed by atoms with Crippen LogP contribution in [0.15, 0.2) is 18.2 Å². The third-order valence-corrected chi connectivity index (χ3v) is 5.75. The minimum absolute atomic E-state index is 0.236. The number of carboxylic acids is 1. The first kappa shape index (κ1) is 22.5. The van der Waals surface area contributed by atoms with Crippen LogP contribution in [0.3, 0.4) is 0 Å². The summed E-state index contributed by atoms with van der Waals surface area (Å²) in [4.78, 5) is 13.9. The molecule has 0 radical (unpaired) electrons. The molecule has 0 bridgehead atoms. The van der Waals surface area contributed by atoms with Crippen molar-refractivity contribution in [1.82, 2.24) is 4.90 Å². The summed E-state index contributed by atoms with van der Waals surface area (Å²) in [6.45, 7) is 2.51. The largest absolute Gasteiger partial charge is 0.480 e. The molecule has 1 atom stereocenters. The smallest absolute Gasteiger partial charge is 0.451 e. The Morgan fingerprint density at radius 3 is 2.59 bits per heavy atom. The van der Waals surface area contributed by atoms with E-state index in [1.165, 1.54) is 0 Å². The Kier molecular flexibility index (Phi) is 8.40. The van der Waals surface area contributed by atoms with Gasteiger partial charge in [-0.3, -0.25) is 4.79 Å². The molecule has 1 heterocycles. The van der Waals surface area contributed by atoms with Crippen molar-refractivity contribution in [3.8, 4) is 0 Å². The maximum Gasteiger partial charge on any atom is 0.451 e. The molecule has 0 spiro atoms. The van der Waals surface area contributed by atoms with Crippen LogP contribution >= 0.6 is 23.2 Å². The molecule has 2 rings (SSSR count). The lowest BCUT2D eigenvalue weighted by Crippen LogP contribution is -2.56. The molecule has 9 heteroatoms. The van der Waals surface area contributed by atoms with Crippen molar-refractivity contribution >= 4 is 36.3 Å². The molecule has 27 heavy (non-hydrogen) atoms. The highest BCUT2D eigenvalue weighted by Gasteiger charge is 2.39. The van der Waals surface area contributed by atoms with E-state index >= 15 is 0 Å². The summed E-state index contributed by atoms with van der Waals surface area (Å²) in [6, 6.07) is 5.50. The number of hydrogen-bond acceptors (Lipinski definition) is 5. The summed E-state index contributed by atoms with van der Waals surface area (Å²) < 4.78 is 0. The van der Waals surface area contributed by atoms with Crippen LogP contribution in [-0.4, -0.2) is 58.3 Å². The monoisotopic (exact) mass is 416 g/mol. The Morgan fingerprint density at radius 1 is 1.30 bits per heavy atom. The number of hydrogen-bond donors (Lipinski definition) is 4. The maximum absolute atomic E-state index is 11.6. The Balaban J connectivity index is 1.74. The maximum atomic E-state index is 11.6. The van der Waals surface area contributed by atoms with Crippen LogP contribution in [0, 0.1) is 5.92 Å². The Hall–Kier alpha value is -0.825. The van der Waals surface area contributed by atoms with E-state index in [0.717, 1.165) is 31.6 Å². The number of carbonyl (C=O) groups is 1. The predicted octanol–water partition coefficient (Wildman–Crippen LogP) is 2.28. The second kappa shape index (κ2) is 10.1. The number of unbranched alkanes of at least 4 members (excludes halogenated alkanes) is 1. The number of aliphatic carboxylic acids is 1. The average Bonchev–Trinajstić information content (AvgIpc) is 2.54. The highest BCUT2D eigenvalue weighted by atomic mass is 35.5. The first-order valence-corrected chi connectivity index (χ1v) is 10.00. The van der Waals surface area contributed by atoms with Crippen molar-refractivity contribution in [1.29, 1.82) is 0 Å². The fourth-order valence-corrected chi connectivity index (χ4v) is 4.07. The van der Waals surface area contributed by atoms with Crippen LogP contribution in [0.1, 0.15) is 31.2 Å². The summed E-state index contributed by atoms with van der Waals surface area (Å²) in [5.41, 5.74) is 5.94. The van der Waals surface area contributed by atoms with E-state index in [9.17, 15) is 9.90 Å². The van der Waals surface area contributed by atoms with E-state index in [4.69, 9.17) is 39.0 Å². The molecular formula is C18H27BCl2N2O4. The number of benzene rings is 1. The minimum atomic E-state index is -1.35. The van der Waals surface area contributed by atoms with Gasteiger partial charge in [-0.2, -0.15) is 0 Å². The lowest BCUT2D eigenvalue weighted by atomic mass is 9.78. The molecule has 0 amide bonds. The normalized spacial score (nSPS) is 17.4. The topological polar surface area (TPSA) is 107 Å². The van der Waals surface area contributed by atoms with Gasteiger partial charge in [0.2, 0.25) is 0 Å². The molecular weight excluding hydrogens is 390 g/mol. The van der Waals surface area contributed by atoms with Gasteiger partial charge in [-0.15, -0.1) is 0 Å². The van der Waals surface area contributed by atoms with Crippen molar-refractivity contribution in [3.05, 3.63) is 33.8 Å². The van der Waals surface area contributed by atoms with Crippen LogP contribution in [0.2, 0.25) is 16.4 Å². The van der Waals surface area contributed by atoms with Gasteiger partial charge < -0.3 is 25.8 Å². The van der Waals surface area contributed by atoms with Crippen LogP contribution in [0.4, 0.5) is 0 Å². The zero-order chi connectivity index (χ0) is 20.0. The van der Waals surface area contributed by atoms with Gasteiger partial charge in [0.15, 0.2) is 0 Å². The van der Waals surface area contributed by atoms with E-state index in [0.29, 0.717) is 35.7 Å². The van der Waals surface area contributed by atoms with Gasteiger partial charge in [0, 0.05) is 29.7 Å². The van der Waals surface area contributed by atoms with Gasteiger partial charge in [0.05, 0.1) is 0 Å². The molecule has 1 aromatic rings. The summed E-state index contributed by atoms with van der Waals surface area (Å²) in [5.74, 6) is -0.728. The van der Waals surface area contributed by atoms with Crippen LogP contribution in [0.25, 0.3) is 0 Å². The molecule has 0 aromatic heterocycles. The van der Waals surface area contributed by atoms with Crippen molar-refractivity contribution in [2.24, 2.45) is 11.7 Å². The van der Waals surface area contributed by atoms with Gasteiger partial charge >= 0.3 is 13.1 Å². The van der Waals surface area contributed by atoms with Crippen molar-refractivity contribution in [2.75, 3.05) is 19.6 Å². The molecule has 1 aromatic carbocycles. The number of carboxylic acid groups (broad SMARTS) is 1. The van der Waals surface area contributed by atoms with Crippen molar-refractivity contribution < 1.29 is 19.9 Å². The molecule has 1 saturated heterocycles. The number of nitrogens with zero attached hydrogens (tertiary/aromatic N) is 1. The Morgan fingerprint density at radius 2 is 2.00 bits per heavy atom. The average molecular weight is 417 g/mol. The van der Waals surface area contributed by atoms with Gasteiger partial charge in [0.25, 0.3) is 0 Å². The van der Waals surface area contributed by atoms with Gasteiger partial charge in [-0.1, -0.05) is 42.1 Å². The number of rotatable bonds is 11. The minimum Gasteiger partial charge on any atom is -0.480 e. The lowest BCUT2D eigenvalue weighted by Gasteiger charge is -2.42. The number of likely N-dealkylation sites (tertiary alicyclic amines) is 1. The zero-order valence-corrected chi connectivity index (χ0v) is 16.8. The van der Waals surface area contributed by atoms with E-state index in [-0.39, 0.29) is 12.2 Å². The summed E-state index contributed by atoms with van der Waals surface area (Å²) in [5, 5.41) is 28.5. The van der Waals surface area contributed by atoms with Crippen LogP contribution in [-0.2, 0) is 11.2 Å². The third-order valence-electron chi connectivity index (χ3n) is 5.16.